The van der Waals surface area contributed by atoms with Crippen LogP contribution in [0.2, 0.25) is 0 Å². The lowest BCUT2D eigenvalue weighted by molar-refractivity contribution is 0.321. The summed E-state index contributed by atoms with van der Waals surface area (Å²) in [4.78, 5) is 0. The van der Waals surface area contributed by atoms with Crippen molar-refractivity contribution in [1.82, 2.24) is 5.43 Å². The number of nitrogens with zero attached hydrogens (tertiary/aromatic N) is 1. The summed E-state index contributed by atoms with van der Waals surface area (Å²) in [6.45, 7) is 4.33. The van der Waals surface area contributed by atoms with Crippen molar-refractivity contribution in [2.24, 2.45) is 16.9 Å². The highest BCUT2D eigenvalue weighted by atomic mass is 16.3. The van der Waals surface area contributed by atoms with E-state index in [0.717, 1.165) is 24.5 Å². The Morgan fingerprint density at radius 1 is 1.38 bits per heavy atom. The molecule has 0 spiro atoms. The predicted octanol–water partition coefficient (Wildman–Crippen LogP) is 3.34. The van der Waals surface area contributed by atoms with Crippen LogP contribution in [0.4, 0.5) is 0 Å². The molecule has 1 saturated carbocycles. The van der Waals surface area contributed by atoms with Gasteiger partial charge < -0.3 is 5.11 Å². The minimum absolute atomic E-state index is 0.312. The van der Waals surface area contributed by atoms with Crippen LogP contribution in [0.15, 0.2) is 16.6 Å². The van der Waals surface area contributed by atoms with Crippen LogP contribution < -0.4 is 5.43 Å². The van der Waals surface area contributed by atoms with Gasteiger partial charge in [0.05, 0.1) is 0 Å². The molecule has 0 saturated heterocycles. The SMILES string of the molecule is CCC1CCCC2C(C)=NNC(O)=C2CC1. The molecule has 1 heterocycles. The second kappa shape index (κ2) is 4.89. The van der Waals surface area contributed by atoms with Crippen LogP contribution in [-0.4, -0.2) is 10.8 Å². The smallest absolute Gasteiger partial charge is 0.204 e. The third-order valence-electron chi connectivity index (χ3n) is 4.07. The van der Waals surface area contributed by atoms with Crippen molar-refractivity contribution in [3.63, 3.8) is 0 Å². The van der Waals surface area contributed by atoms with Crippen LogP contribution in [0, 0.1) is 11.8 Å². The van der Waals surface area contributed by atoms with Gasteiger partial charge in [0.1, 0.15) is 0 Å². The third kappa shape index (κ3) is 2.23. The summed E-state index contributed by atoms with van der Waals surface area (Å²) < 4.78 is 0. The van der Waals surface area contributed by atoms with Gasteiger partial charge in [-0.05, 0) is 37.7 Å². The summed E-state index contributed by atoms with van der Waals surface area (Å²) in [5, 5.41) is 14.0. The molecule has 0 aromatic carbocycles. The van der Waals surface area contributed by atoms with E-state index in [0.29, 0.717) is 11.8 Å². The van der Waals surface area contributed by atoms with E-state index in [1.165, 1.54) is 31.3 Å². The quantitative estimate of drug-likeness (QED) is 0.714. The van der Waals surface area contributed by atoms with E-state index >= 15 is 0 Å². The van der Waals surface area contributed by atoms with Crippen molar-refractivity contribution >= 4 is 5.71 Å². The minimum Gasteiger partial charge on any atom is -0.494 e. The van der Waals surface area contributed by atoms with E-state index in [-0.39, 0.29) is 0 Å². The highest BCUT2D eigenvalue weighted by molar-refractivity contribution is 5.87. The first kappa shape index (κ1) is 11.5. The van der Waals surface area contributed by atoms with E-state index in [4.69, 9.17) is 0 Å². The number of rotatable bonds is 1. The number of nitrogens with one attached hydrogen (secondary N) is 1. The maximum Gasteiger partial charge on any atom is 0.204 e. The number of hydrazone groups is 1. The molecular formula is C13H22N2O. The van der Waals surface area contributed by atoms with Crippen LogP contribution in [0.25, 0.3) is 0 Å². The first-order valence-electron chi connectivity index (χ1n) is 6.44. The molecule has 1 aliphatic carbocycles. The molecule has 90 valence electrons. The molecule has 0 aromatic heterocycles. The number of aliphatic hydroxyl groups excluding tert-OH is 1. The Kier molecular flexibility index (Phi) is 3.52. The predicted molar refractivity (Wildman–Crippen MR) is 66.3 cm³/mol. The zero-order valence-corrected chi connectivity index (χ0v) is 10.3. The van der Waals surface area contributed by atoms with Gasteiger partial charge in [0, 0.05) is 11.6 Å². The Morgan fingerprint density at radius 2 is 2.19 bits per heavy atom. The number of fused-ring (bicyclic) bond motifs is 1. The molecule has 2 unspecified atom stereocenters. The van der Waals surface area contributed by atoms with Crippen LogP contribution in [0.5, 0.6) is 0 Å². The lowest BCUT2D eigenvalue weighted by atomic mass is 9.79. The summed E-state index contributed by atoms with van der Waals surface area (Å²) in [7, 11) is 0. The Hall–Kier alpha value is -0.990. The second-order valence-electron chi connectivity index (χ2n) is 5.04. The average Bonchev–Trinajstić information content (AvgIpc) is 2.24. The van der Waals surface area contributed by atoms with Gasteiger partial charge in [-0.15, -0.1) is 0 Å². The second-order valence-corrected chi connectivity index (χ2v) is 5.04. The Labute approximate surface area is 97.6 Å². The first-order chi connectivity index (χ1) is 7.72. The largest absolute Gasteiger partial charge is 0.494 e. The molecule has 2 rings (SSSR count). The molecule has 3 heteroatoms. The van der Waals surface area contributed by atoms with Gasteiger partial charge in [-0.3, -0.25) is 0 Å². The van der Waals surface area contributed by atoms with Crippen molar-refractivity contribution in [3.8, 4) is 0 Å². The first-order valence-corrected chi connectivity index (χ1v) is 6.44. The molecule has 2 N–H and O–H groups in total. The third-order valence-corrected chi connectivity index (χ3v) is 4.07. The summed E-state index contributed by atoms with van der Waals surface area (Å²) in [5.74, 6) is 1.53. The highest BCUT2D eigenvalue weighted by Gasteiger charge is 2.27. The lowest BCUT2D eigenvalue weighted by Gasteiger charge is -2.29. The molecule has 0 aromatic rings. The van der Waals surface area contributed by atoms with Gasteiger partial charge >= 0.3 is 0 Å². The molecule has 16 heavy (non-hydrogen) atoms. The number of hydrogen-bond donors (Lipinski definition) is 2. The van der Waals surface area contributed by atoms with E-state index in [9.17, 15) is 5.11 Å². The van der Waals surface area contributed by atoms with E-state index in [1.807, 2.05) is 0 Å². The Bertz CT molecular complexity index is 320. The fourth-order valence-corrected chi connectivity index (χ4v) is 2.91. The van der Waals surface area contributed by atoms with Crippen molar-refractivity contribution in [1.29, 1.82) is 0 Å². The van der Waals surface area contributed by atoms with Gasteiger partial charge in [-0.2, -0.15) is 5.10 Å². The van der Waals surface area contributed by atoms with Crippen LogP contribution in [-0.2, 0) is 0 Å². The number of aliphatic hydroxyl groups is 1. The molecule has 2 aliphatic rings. The van der Waals surface area contributed by atoms with Crippen molar-refractivity contribution in [3.05, 3.63) is 11.5 Å². The lowest BCUT2D eigenvalue weighted by Crippen LogP contribution is -2.28. The van der Waals surface area contributed by atoms with Gasteiger partial charge in [0.2, 0.25) is 5.88 Å². The van der Waals surface area contributed by atoms with Gasteiger partial charge in [0.15, 0.2) is 0 Å². The maximum atomic E-state index is 9.86. The standard InChI is InChI=1S/C13H22N2O/c1-3-10-5-4-6-11-9(2)14-15-13(16)12(11)8-7-10/h10-11,15-16H,3-8H2,1-2H3. The summed E-state index contributed by atoms with van der Waals surface area (Å²) >= 11 is 0. The summed E-state index contributed by atoms with van der Waals surface area (Å²) in [6, 6.07) is 0. The Balaban J connectivity index is 2.13. The average molecular weight is 222 g/mol. The van der Waals surface area contributed by atoms with E-state index in [1.54, 1.807) is 0 Å². The molecule has 2 atom stereocenters. The van der Waals surface area contributed by atoms with Crippen LogP contribution in [0.1, 0.15) is 52.4 Å². The summed E-state index contributed by atoms with van der Waals surface area (Å²) in [5.41, 5.74) is 5.05. The zero-order chi connectivity index (χ0) is 11.5. The van der Waals surface area contributed by atoms with E-state index < -0.39 is 0 Å². The van der Waals surface area contributed by atoms with Gasteiger partial charge in [-0.25, -0.2) is 5.43 Å². The fourth-order valence-electron chi connectivity index (χ4n) is 2.91. The molecule has 0 radical (unpaired) electrons. The monoisotopic (exact) mass is 222 g/mol. The topological polar surface area (TPSA) is 44.6 Å². The van der Waals surface area contributed by atoms with Crippen LogP contribution in [0.3, 0.4) is 0 Å². The van der Waals surface area contributed by atoms with E-state index in [2.05, 4.69) is 24.4 Å². The molecule has 1 fully saturated rings. The minimum atomic E-state index is 0.312. The Morgan fingerprint density at radius 3 is 2.94 bits per heavy atom. The number of hydrogen-bond acceptors (Lipinski definition) is 3. The summed E-state index contributed by atoms with van der Waals surface area (Å²) in [6.07, 6.45) is 7.23. The van der Waals surface area contributed by atoms with Gasteiger partial charge in [-0.1, -0.05) is 26.2 Å². The maximum absolute atomic E-state index is 9.86. The van der Waals surface area contributed by atoms with Crippen molar-refractivity contribution in [2.75, 3.05) is 0 Å². The fraction of sp³-hybridized carbons (Fsp3) is 0.769. The molecular weight excluding hydrogens is 200 g/mol. The van der Waals surface area contributed by atoms with Crippen molar-refractivity contribution < 1.29 is 5.11 Å². The van der Waals surface area contributed by atoms with Crippen molar-refractivity contribution in [2.45, 2.75) is 52.4 Å². The number of allylic oxidation sites excluding steroid dienone is 1. The zero-order valence-electron chi connectivity index (χ0n) is 10.3. The molecule has 1 aliphatic heterocycles. The molecule has 0 bridgehead atoms. The molecule has 3 nitrogen and oxygen atoms in total. The van der Waals surface area contributed by atoms with Gasteiger partial charge in [0.25, 0.3) is 0 Å². The molecule has 0 amide bonds. The highest BCUT2D eigenvalue weighted by Crippen LogP contribution is 2.34. The van der Waals surface area contributed by atoms with Crippen LogP contribution >= 0.6 is 0 Å². The normalized spacial score (nSPS) is 31.0.